The summed E-state index contributed by atoms with van der Waals surface area (Å²) >= 11 is 0. The summed E-state index contributed by atoms with van der Waals surface area (Å²) in [7, 11) is 0. The van der Waals surface area contributed by atoms with Gasteiger partial charge in [-0.1, -0.05) is 60.1 Å². The van der Waals surface area contributed by atoms with Crippen LogP contribution >= 0.6 is 0 Å². The van der Waals surface area contributed by atoms with Crippen molar-refractivity contribution in [3.05, 3.63) is 11.6 Å². The Hall–Kier alpha value is -1.44. The van der Waals surface area contributed by atoms with E-state index in [9.17, 15) is 24.9 Å². The summed E-state index contributed by atoms with van der Waals surface area (Å²) in [4.78, 5) is 24.1. The first-order chi connectivity index (χ1) is 18.9. The fraction of sp³-hybridized carbons (Fsp3) is 0.882. The van der Waals surface area contributed by atoms with E-state index in [1.807, 2.05) is 13.8 Å². The Balaban J connectivity index is 1.62. The number of hydrogen-bond acceptors (Lipinski definition) is 7. The van der Waals surface area contributed by atoms with E-state index < -0.39 is 29.8 Å². The Morgan fingerprint density at radius 1 is 0.951 bits per heavy atom. The fourth-order valence-electron chi connectivity index (χ4n) is 11.9. The molecule has 0 radical (unpaired) electrons. The molecule has 0 aromatic heterocycles. The predicted octanol–water partition coefficient (Wildman–Crippen LogP) is 5.05. The minimum Gasteiger partial charge on any atom is -0.465 e. The lowest BCUT2D eigenvalue weighted by Gasteiger charge is -2.70. The molecule has 7 heteroatoms. The number of aliphatic hydroxyl groups excluding tert-OH is 3. The molecule has 12 atom stereocenters. The molecule has 4 saturated carbocycles. The number of ether oxygens (including phenoxy) is 2. The summed E-state index contributed by atoms with van der Waals surface area (Å²) in [5, 5.41) is 35.2. The number of hydrogen-bond donors (Lipinski definition) is 3. The van der Waals surface area contributed by atoms with E-state index in [4.69, 9.17) is 9.47 Å². The minimum absolute atomic E-state index is 0.0244. The van der Waals surface area contributed by atoms with Crippen LogP contribution in [0.4, 0.5) is 0 Å². The highest BCUT2D eigenvalue weighted by Crippen LogP contribution is 2.76. The van der Waals surface area contributed by atoms with Crippen LogP contribution in [0.25, 0.3) is 0 Å². The molecule has 0 aromatic rings. The molecule has 232 valence electrons. The predicted molar refractivity (Wildman–Crippen MR) is 155 cm³/mol. The van der Waals surface area contributed by atoms with Crippen molar-refractivity contribution >= 4 is 11.9 Å². The lowest BCUT2D eigenvalue weighted by molar-refractivity contribution is -0.227. The second-order valence-corrected chi connectivity index (χ2v) is 16.2. The van der Waals surface area contributed by atoms with Crippen molar-refractivity contribution in [2.24, 2.45) is 56.7 Å². The quantitative estimate of drug-likeness (QED) is 0.318. The SMILES string of the molecule is CC(=O)OC[C@@]12CC[C@@]3(C)[C@H]4C(=CC[C@]3(C)C1[C@H](O)C[C@H]2C(C)C)[C@@]1(C)C[C@@H](OC(C)=O)[C@H](O)C(C)(C)C1C[C@@H]4O. The van der Waals surface area contributed by atoms with Crippen LogP contribution in [-0.2, 0) is 19.1 Å². The average Bonchev–Trinajstić information content (AvgIpc) is 3.17. The molecule has 0 saturated heterocycles. The van der Waals surface area contributed by atoms with E-state index in [0.717, 1.165) is 19.3 Å². The molecular formula is C34H54O7. The van der Waals surface area contributed by atoms with E-state index in [1.165, 1.54) is 19.4 Å². The molecule has 7 nitrogen and oxygen atoms in total. The highest BCUT2D eigenvalue weighted by Gasteiger charge is 2.73. The zero-order valence-corrected chi connectivity index (χ0v) is 26.7. The van der Waals surface area contributed by atoms with E-state index in [0.29, 0.717) is 31.8 Å². The van der Waals surface area contributed by atoms with Crippen LogP contribution in [0, 0.1) is 56.7 Å². The molecule has 0 aromatic carbocycles. The number of carbonyl (C=O) groups excluding carboxylic acids is 2. The molecular weight excluding hydrogens is 520 g/mol. The molecule has 5 aliphatic carbocycles. The van der Waals surface area contributed by atoms with E-state index >= 15 is 0 Å². The maximum Gasteiger partial charge on any atom is 0.302 e. The molecule has 2 unspecified atom stereocenters. The summed E-state index contributed by atoms with van der Waals surface area (Å²) in [6, 6.07) is 0. The maximum atomic E-state index is 12.1. The molecule has 3 N–H and O–H groups in total. The molecule has 5 rings (SSSR count). The molecule has 0 amide bonds. The molecule has 0 aliphatic heterocycles. The van der Waals surface area contributed by atoms with Crippen molar-refractivity contribution < 1.29 is 34.4 Å². The van der Waals surface area contributed by atoms with Crippen molar-refractivity contribution in [2.45, 2.75) is 125 Å². The maximum absolute atomic E-state index is 12.1. The zero-order chi connectivity index (χ0) is 30.5. The number of esters is 2. The van der Waals surface area contributed by atoms with Crippen LogP contribution < -0.4 is 0 Å². The summed E-state index contributed by atoms with van der Waals surface area (Å²) < 4.78 is 11.5. The highest BCUT2D eigenvalue weighted by atomic mass is 16.6. The van der Waals surface area contributed by atoms with Crippen molar-refractivity contribution in [3.8, 4) is 0 Å². The Labute approximate surface area is 246 Å². The zero-order valence-electron chi connectivity index (χ0n) is 26.7. The smallest absolute Gasteiger partial charge is 0.302 e. The lowest BCUT2D eigenvalue weighted by atomic mass is 9.35. The van der Waals surface area contributed by atoms with E-state index in [2.05, 4.69) is 40.7 Å². The molecule has 0 spiro atoms. The van der Waals surface area contributed by atoms with Gasteiger partial charge >= 0.3 is 11.9 Å². The molecule has 0 bridgehead atoms. The second kappa shape index (κ2) is 9.79. The van der Waals surface area contributed by atoms with Gasteiger partial charge in [0.2, 0.25) is 0 Å². The lowest BCUT2D eigenvalue weighted by Crippen LogP contribution is -2.68. The van der Waals surface area contributed by atoms with Gasteiger partial charge in [-0.15, -0.1) is 0 Å². The topological polar surface area (TPSA) is 113 Å². The number of carbonyl (C=O) groups is 2. The second-order valence-electron chi connectivity index (χ2n) is 16.2. The third kappa shape index (κ3) is 4.14. The van der Waals surface area contributed by atoms with Crippen LogP contribution in [0.1, 0.15) is 101 Å². The first-order valence-electron chi connectivity index (χ1n) is 15.9. The minimum atomic E-state index is -0.809. The van der Waals surface area contributed by atoms with E-state index in [-0.39, 0.29) is 57.3 Å². The highest BCUT2D eigenvalue weighted by molar-refractivity contribution is 5.66. The largest absolute Gasteiger partial charge is 0.465 e. The van der Waals surface area contributed by atoms with Gasteiger partial charge in [-0.3, -0.25) is 9.59 Å². The van der Waals surface area contributed by atoms with Gasteiger partial charge in [-0.05, 0) is 77.9 Å². The monoisotopic (exact) mass is 574 g/mol. The molecule has 4 fully saturated rings. The van der Waals surface area contributed by atoms with Crippen LogP contribution in [-0.4, -0.2) is 58.3 Å². The van der Waals surface area contributed by atoms with Crippen molar-refractivity contribution in [1.29, 1.82) is 0 Å². The van der Waals surface area contributed by atoms with Crippen LogP contribution in [0.5, 0.6) is 0 Å². The number of aliphatic hydroxyl groups is 3. The number of allylic oxidation sites excluding steroid dienone is 1. The average molecular weight is 575 g/mol. The molecule has 5 aliphatic rings. The Morgan fingerprint density at radius 2 is 1.61 bits per heavy atom. The van der Waals surface area contributed by atoms with Crippen molar-refractivity contribution in [1.82, 2.24) is 0 Å². The van der Waals surface area contributed by atoms with Gasteiger partial charge in [0.1, 0.15) is 6.10 Å². The van der Waals surface area contributed by atoms with Gasteiger partial charge < -0.3 is 24.8 Å². The van der Waals surface area contributed by atoms with Gasteiger partial charge in [-0.25, -0.2) is 0 Å². The third-order valence-electron chi connectivity index (χ3n) is 13.7. The van der Waals surface area contributed by atoms with Gasteiger partial charge in [0.05, 0.1) is 24.9 Å². The Kier molecular flexibility index (Phi) is 7.40. The summed E-state index contributed by atoms with van der Waals surface area (Å²) in [6.45, 7) is 18.6. The van der Waals surface area contributed by atoms with Gasteiger partial charge in [0.15, 0.2) is 0 Å². The van der Waals surface area contributed by atoms with Gasteiger partial charge in [-0.2, -0.15) is 0 Å². The first kappa shape index (κ1) is 31.0. The van der Waals surface area contributed by atoms with Crippen molar-refractivity contribution in [2.75, 3.05) is 6.61 Å². The summed E-state index contributed by atoms with van der Waals surface area (Å²) in [6.07, 6.45) is 4.13. The molecule has 41 heavy (non-hydrogen) atoms. The first-order valence-corrected chi connectivity index (χ1v) is 15.9. The van der Waals surface area contributed by atoms with Gasteiger partial charge in [0, 0.05) is 31.1 Å². The standard InChI is InChI=1S/C34H54O7/c1-18(2)22-14-24(38)28-33(9)11-10-21-27(32(33,8)12-13-34(22,28)17-40-19(3)35)23(37)15-26-30(5,6)29(39)25(41-20(4)36)16-31(21,26)7/h10,18,22-29,37-39H,11-17H2,1-9H3/t22-,23-,24+,25+,26?,27-,28?,29-,31+,32-,33+,34+/m0/s1. The van der Waals surface area contributed by atoms with Crippen LogP contribution in [0.15, 0.2) is 11.6 Å². The van der Waals surface area contributed by atoms with Crippen LogP contribution in [0.3, 0.4) is 0 Å². The number of rotatable bonds is 4. The molecule has 0 heterocycles. The normalized spacial score (nSPS) is 50.1. The number of fused-ring (bicyclic) bond motifs is 7. The summed E-state index contributed by atoms with van der Waals surface area (Å²) in [5.41, 5.74) is -0.580. The van der Waals surface area contributed by atoms with Crippen molar-refractivity contribution in [3.63, 3.8) is 0 Å². The Morgan fingerprint density at radius 3 is 2.20 bits per heavy atom. The third-order valence-corrected chi connectivity index (χ3v) is 13.7. The van der Waals surface area contributed by atoms with E-state index in [1.54, 1.807) is 0 Å². The fourth-order valence-corrected chi connectivity index (χ4v) is 11.9. The van der Waals surface area contributed by atoms with Gasteiger partial charge in [0.25, 0.3) is 0 Å². The van der Waals surface area contributed by atoms with Crippen LogP contribution in [0.2, 0.25) is 0 Å². The Bertz CT molecular complexity index is 1110. The summed E-state index contributed by atoms with van der Waals surface area (Å²) in [5.74, 6) is -0.215.